The molecule has 0 fully saturated rings. The summed E-state index contributed by atoms with van der Waals surface area (Å²) < 4.78 is 11.2. The number of rotatable bonds is 6. The third-order valence-electron chi connectivity index (χ3n) is 5.02. The molecule has 0 spiro atoms. The largest absolute Gasteiger partial charge is 0.489 e. The van der Waals surface area contributed by atoms with Crippen LogP contribution in [-0.2, 0) is 12.8 Å². The van der Waals surface area contributed by atoms with Crippen LogP contribution in [0.25, 0.3) is 11.0 Å². The lowest BCUT2D eigenvalue weighted by atomic mass is 9.91. The van der Waals surface area contributed by atoms with Crippen molar-refractivity contribution in [3.8, 4) is 5.75 Å². The smallest absolute Gasteiger partial charge is 0.339 e. The fourth-order valence-electron chi connectivity index (χ4n) is 3.59. The van der Waals surface area contributed by atoms with Crippen LogP contribution in [0.4, 0.5) is 5.69 Å². The molecule has 4 rings (SSSR count). The van der Waals surface area contributed by atoms with Gasteiger partial charge >= 0.3 is 5.63 Å². The Hall–Kier alpha value is -2.50. The number of nitrogens with one attached hydrogen (secondary N) is 1. The molecule has 1 aliphatic rings. The van der Waals surface area contributed by atoms with Gasteiger partial charge in [0.25, 0.3) is 0 Å². The zero-order valence-electron chi connectivity index (χ0n) is 15.4. The molecule has 1 aromatic heterocycles. The van der Waals surface area contributed by atoms with Crippen LogP contribution in [0.2, 0.25) is 5.02 Å². The van der Waals surface area contributed by atoms with Crippen LogP contribution >= 0.6 is 11.6 Å². The SMILES string of the molecule is O=c1oc2cc(OCC(O)CNc3ccccc3)c(Cl)cc2c2c1CCCC2. The highest BCUT2D eigenvalue weighted by atomic mass is 35.5. The van der Waals surface area contributed by atoms with E-state index in [-0.39, 0.29) is 12.2 Å². The number of hydrogen-bond acceptors (Lipinski definition) is 5. The summed E-state index contributed by atoms with van der Waals surface area (Å²) in [6, 6.07) is 13.1. The number of anilines is 1. The second-order valence-corrected chi connectivity index (χ2v) is 7.45. The molecule has 0 aliphatic heterocycles. The summed E-state index contributed by atoms with van der Waals surface area (Å²) in [5.41, 5.74) is 2.94. The minimum atomic E-state index is -0.720. The third-order valence-corrected chi connectivity index (χ3v) is 5.32. The molecular formula is C22H22ClNO4. The summed E-state index contributed by atoms with van der Waals surface area (Å²) >= 11 is 6.40. The van der Waals surface area contributed by atoms with Gasteiger partial charge in [-0.3, -0.25) is 0 Å². The molecule has 146 valence electrons. The Morgan fingerprint density at radius 3 is 2.68 bits per heavy atom. The Kier molecular flexibility index (Phi) is 5.55. The first-order chi connectivity index (χ1) is 13.6. The maximum atomic E-state index is 12.3. The fraction of sp³-hybridized carbons (Fsp3) is 0.318. The number of aryl methyl sites for hydroxylation is 1. The number of halogens is 1. The second kappa shape index (κ2) is 8.25. The summed E-state index contributed by atoms with van der Waals surface area (Å²) in [4.78, 5) is 12.3. The van der Waals surface area contributed by atoms with E-state index in [1.165, 1.54) is 0 Å². The zero-order valence-corrected chi connectivity index (χ0v) is 16.2. The molecule has 0 saturated carbocycles. The summed E-state index contributed by atoms with van der Waals surface area (Å²) in [5.74, 6) is 0.395. The molecule has 1 aliphatic carbocycles. The molecule has 2 aromatic carbocycles. The molecule has 5 nitrogen and oxygen atoms in total. The van der Waals surface area contributed by atoms with Gasteiger partial charge in [-0.15, -0.1) is 0 Å². The molecule has 0 saturated heterocycles. The molecule has 0 amide bonds. The van der Waals surface area contributed by atoms with Gasteiger partial charge in [-0.25, -0.2) is 4.79 Å². The number of benzene rings is 2. The van der Waals surface area contributed by atoms with Gasteiger partial charge in [-0.2, -0.15) is 0 Å². The van der Waals surface area contributed by atoms with Crippen LogP contribution in [0.15, 0.2) is 51.7 Å². The molecule has 0 radical (unpaired) electrons. The average Bonchev–Trinajstić information content (AvgIpc) is 2.72. The first-order valence-electron chi connectivity index (χ1n) is 9.49. The van der Waals surface area contributed by atoms with E-state index < -0.39 is 6.10 Å². The van der Waals surface area contributed by atoms with Crippen molar-refractivity contribution in [2.24, 2.45) is 0 Å². The zero-order chi connectivity index (χ0) is 19.5. The number of ether oxygens (including phenoxy) is 1. The Morgan fingerprint density at radius 1 is 1.14 bits per heavy atom. The van der Waals surface area contributed by atoms with Gasteiger partial charge in [-0.05, 0) is 49.4 Å². The number of para-hydroxylation sites is 1. The third kappa shape index (κ3) is 4.01. The highest BCUT2D eigenvalue weighted by Crippen LogP contribution is 2.34. The van der Waals surface area contributed by atoms with Crippen LogP contribution in [0, 0.1) is 0 Å². The monoisotopic (exact) mass is 399 g/mol. The van der Waals surface area contributed by atoms with E-state index in [2.05, 4.69) is 5.32 Å². The first-order valence-corrected chi connectivity index (χ1v) is 9.87. The van der Waals surface area contributed by atoms with Crippen molar-refractivity contribution in [2.45, 2.75) is 31.8 Å². The predicted molar refractivity (Wildman–Crippen MR) is 111 cm³/mol. The van der Waals surface area contributed by atoms with Gasteiger partial charge in [0.05, 0.1) is 5.02 Å². The van der Waals surface area contributed by atoms with Crippen LogP contribution in [-0.4, -0.2) is 24.4 Å². The number of hydrogen-bond donors (Lipinski definition) is 2. The molecule has 3 aromatic rings. The van der Waals surface area contributed by atoms with Crippen LogP contribution in [0.5, 0.6) is 5.75 Å². The highest BCUT2D eigenvalue weighted by molar-refractivity contribution is 6.32. The van der Waals surface area contributed by atoms with E-state index in [1.54, 1.807) is 12.1 Å². The fourth-order valence-corrected chi connectivity index (χ4v) is 3.81. The van der Waals surface area contributed by atoms with E-state index in [9.17, 15) is 9.90 Å². The number of aliphatic hydroxyl groups is 1. The van der Waals surface area contributed by atoms with E-state index in [1.807, 2.05) is 30.3 Å². The van der Waals surface area contributed by atoms with Crippen molar-refractivity contribution >= 4 is 28.3 Å². The Labute approximate surface area is 167 Å². The highest BCUT2D eigenvalue weighted by Gasteiger charge is 2.19. The summed E-state index contributed by atoms with van der Waals surface area (Å²) in [6.07, 6.45) is 2.96. The maximum absolute atomic E-state index is 12.3. The van der Waals surface area contributed by atoms with Crippen LogP contribution < -0.4 is 15.7 Å². The lowest BCUT2D eigenvalue weighted by molar-refractivity contribution is 0.117. The van der Waals surface area contributed by atoms with Gasteiger partial charge in [0.1, 0.15) is 24.0 Å². The van der Waals surface area contributed by atoms with Gasteiger partial charge in [0.15, 0.2) is 0 Å². The quantitative estimate of drug-likeness (QED) is 0.608. The van der Waals surface area contributed by atoms with Crippen LogP contribution in [0.1, 0.15) is 24.0 Å². The minimum absolute atomic E-state index is 0.0697. The molecular weight excluding hydrogens is 378 g/mol. The molecule has 6 heteroatoms. The van der Waals surface area contributed by atoms with Gasteiger partial charge < -0.3 is 19.6 Å². The first kappa shape index (κ1) is 18.8. The normalized spacial score (nSPS) is 14.5. The summed E-state index contributed by atoms with van der Waals surface area (Å²) in [5, 5.41) is 14.6. The predicted octanol–water partition coefficient (Wildman–Crippen LogP) is 4.18. The Bertz CT molecular complexity index is 1030. The van der Waals surface area contributed by atoms with E-state index in [0.717, 1.165) is 47.9 Å². The number of aliphatic hydroxyl groups excluding tert-OH is 1. The van der Waals surface area contributed by atoms with Crippen molar-refractivity contribution in [1.29, 1.82) is 0 Å². The lowest BCUT2D eigenvalue weighted by Gasteiger charge is -2.18. The Balaban J connectivity index is 1.48. The molecule has 1 atom stereocenters. The average molecular weight is 400 g/mol. The van der Waals surface area contributed by atoms with Crippen molar-refractivity contribution in [1.82, 2.24) is 0 Å². The van der Waals surface area contributed by atoms with Crippen LogP contribution in [0.3, 0.4) is 0 Å². The summed E-state index contributed by atoms with van der Waals surface area (Å²) in [6.45, 7) is 0.415. The summed E-state index contributed by atoms with van der Waals surface area (Å²) in [7, 11) is 0. The molecule has 2 N–H and O–H groups in total. The number of fused-ring (bicyclic) bond motifs is 3. The minimum Gasteiger partial charge on any atom is -0.489 e. The van der Waals surface area contributed by atoms with E-state index in [0.29, 0.717) is 22.9 Å². The Morgan fingerprint density at radius 2 is 1.89 bits per heavy atom. The van der Waals surface area contributed by atoms with Crippen molar-refractivity contribution in [3.05, 3.63) is 69.0 Å². The van der Waals surface area contributed by atoms with Gasteiger partial charge in [0.2, 0.25) is 0 Å². The molecule has 1 unspecified atom stereocenters. The molecule has 0 bridgehead atoms. The standard InChI is InChI=1S/C22H22ClNO4/c23-19-10-18-16-8-4-5-9-17(16)22(26)28-20(18)11-21(19)27-13-15(25)12-24-14-6-2-1-3-7-14/h1-3,6-7,10-11,15,24-25H,4-5,8-9,12-13H2. The van der Waals surface area contributed by atoms with Crippen molar-refractivity contribution in [3.63, 3.8) is 0 Å². The molecule has 1 heterocycles. The van der Waals surface area contributed by atoms with E-state index >= 15 is 0 Å². The molecule has 28 heavy (non-hydrogen) atoms. The maximum Gasteiger partial charge on any atom is 0.339 e. The van der Waals surface area contributed by atoms with Crippen molar-refractivity contribution in [2.75, 3.05) is 18.5 Å². The van der Waals surface area contributed by atoms with Crippen molar-refractivity contribution < 1.29 is 14.3 Å². The lowest BCUT2D eigenvalue weighted by Crippen LogP contribution is -2.26. The van der Waals surface area contributed by atoms with E-state index in [4.69, 9.17) is 20.8 Å². The van der Waals surface area contributed by atoms with Gasteiger partial charge in [-0.1, -0.05) is 29.8 Å². The second-order valence-electron chi connectivity index (χ2n) is 7.04. The topological polar surface area (TPSA) is 71.7 Å². The van der Waals surface area contributed by atoms with Gasteiger partial charge in [0, 0.05) is 29.2 Å².